The summed E-state index contributed by atoms with van der Waals surface area (Å²) in [5, 5.41) is 3.47. The van der Waals surface area contributed by atoms with Gasteiger partial charge in [0.25, 0.3) is 0 Å². The van der Waals surface area contributed by atoms with Crippen LogP contribution >= 0.6 is 7.60 Å². The Morgan fingerprint density at radius 2 is 1.72 bits per heavy atom. The third-order valence-corrected chi connectivity index (χ3v) is 6.68. The van der Waals surface area contributed by atoms with Crippen molar-refractivity contribution in [1.29, 1.82) is 0 Å². The summed E-state index contributed by atoms with van der Waals surface area (Å²) in [6.07, 6.45) is 1.29. The standard InChI is InChI=1S/C21H23FNO5P/c1-3-27-29(25,28-4-2)21(23-13-15-9-11-16(22)12-10-15)18-14-26-19-8-6-5-7-17(19)20(18)24/h5-12,14,21,23H,3-4,13H2,1-2H3. The highest BCUT2D eigenvalue weighted by molar-refractivity contribution is 7.54. The number of halogens is 1. The van der Waals surface area contributed by atoms with E-state index in [-0.39, 0.29) is 36.6 Å². The summed E-state index contributed by atoms with van der Waals surface area (Å²) in [5.41, 5.74) is 1.02. The maximum absolute atomic E-state index is 13.5. The summed E-state index contributed by atoms with van der Waals surface area (Å²) in [5.74, 6) is -1.40. The Balaban J connectivity index is 2.04. The van der Waals surface area contributed by atoms with Gasteiger partial charge < -0.3 is 13.5 Å². The van der Waals surface area contributed by atoms with Crippen LogP contribution in [-0.2, 0) is 20.2 Å². The van der Waals surface area contributed by atoms with Crippen molar-refractivity contribution >= 4 is 18.6 Å². The Labute approximate surface area is 168 Å². The summed E-state index contributed by atoms with van der Waals surface area (Å²) in [6, 6.07) is 12.7. The van der Waals surface area contributed by atoms with E-state index in [1.807, 2.05) is 0 Å². The molecule has 0 fully saturated rings. The van der Waals surface area contributed by atoms with Gasteiger partial charge in [-0.25, -0.2) is 4.39 Å². The molecule has 0 aliphatic carbocycles. The molecule has 1 atom stereocenters. The molecule has 0 spiro atoms. The van der Waals surface area contributed by atoms with Gasteiger partial charge in [0.1, 0.15) is 23.4 Å². The average molecular weight is 419 g/mol. The summed E-state index contributed by atoms with van der Waals surface area (Å²) < 4.78 is 43.3. The van der Waals surface area contributed by atoms with Gasteiger partial charge in [-0.15, -0.1) is 0 Å². The molecule has 3 rings (SSSR count). The minimum absolute atomic E-state index is 0.144. The van der Waals surface area contributed by atoms with Crippen LogP contribution in [0.4, 0.5) is 4.39 Å². The van der Waals surface area contributed by atoms with Gasteiger partial charge in [-0.3, -0.25) is 14.7 Å². The molecule has 0 amide bonds. The monoisotopic (exact) mass is 419 g/mol. The largest absolute Gasteiger partial charge is 0.464 e. The van der Waals surface area contributed by atoms with Crippen LogP contribution in [0, 0.1) is 5.82 Å². The first-order valence-corrected chi connectivity index (χ1v) is 11.0. The van der Waals surface area contributed by atoms with Gasteiger partial charge in [-0.1, -0.05) is 24.3 Å². The quantitative estimate of drug-likeness (QED) is 0.493. The zero-order valence-corrected chi connectivity index (χ0v) is 17.2. The Morgan fingerprint density at radius 3 is 2.38 bits per heavy atom. The molecule has 6 nitrogen and oxygen atoms in total. The zero-order chi connectivity index (χ0) is 20.9. The molecular formula is C21H23FNO5P. The minimum atomic E-state index is -3.75. The molecule has 1 N–H and O–H groups in total. The van der Waals surface area contributed by atoms with Crippen molar-refractivity contribution in [1.82, 2.24) is 5.32 Å². The number of nitrogens with one attached hydrogen (secondary N) is 1. The van der Waals surface area contributed by atoms with Gasteiger partial charge in [0.05, 0.1) is 24.2 Å². The molecule has 0 aliphatic rings. The SMILES string of the molecule is CCOP(=O)(OCC)C(NCc1ccc(F)cc1)c1coc2ccccc2c1=O. The second kappa shape index (κ2) is 9.46. The molecule has 0 aliphatic heterocycles. The van der Waals surface area contributed by atoms with Crippen molar-refractivity contribution in [2.24, 2.45) is 0 Å². The average Bonchev–Trinajstić information content (AvgIpc) is 2.71. The van der Waals surface area contributed by atoms with Gasteiger partial charge >= 0.3 is 7.60 Å². The van der Waals surface area contributed by atoms with E-state index in [0.29, 0.717) is 11.0 Å². The molecule has 0 saturated carbocycles. The van der Waals surface area contributed by atoms with Gasteiger partial charge in [-0.2, -0.15) is 0 Å². The highest BCUT2D eigenvalue weighted by Crippen LogP contribution is 2.59. The van der Waals surface area contributed by atoms with Gasteiger partial charge in [0.15, 0.2) is 5.43 Å². The summed E-state index contributed by atoms with van der Waals surface area (Å²) in [4.78, 5) is 13.1. The number of hydrogen-bond donors (Lipinski definition) is 1. The number of hydrogen-bond acceptors (Lipinski definition) is 6. The molecule has 3 aromatic rings. The lowest BCUT2D eigenvalue weighted by Crippen LogP contribution is -2.27. The van der Waals surface area contributed by atoms with E-state index in [1.165, 1.54) is 18.4 Å². The van der Waals surface area contributed by atoms with E-state index in [0.717, 1.165) is 5.56 Å². The van der Waals surface area contributed by atoms with Crippen molar-refractivity contribution < 1.29 is 22.4 Å². The number of rotatable bonds is 9. The van der Waals surface area contributed by atoms with Crippen LogP contribution in [0.5, 0.6) is 0 Å². The van der Waals surface area contributed by atoms with Crippen molar-refractivity contribution in [3.8, 4) is 0 Å². The Bertz CT molecular complexity index is 1060. The number of fused-ring (bicyclic) bond motifs is 1. The Morgan fingerprint density at radius 1 is 1.07 bits per heavy atom. The highest BCUT2D eigenvalue weighted by Gasteiger charge is 2.39. The van der Waals surface area contributed by atoms with Crippen LogP contribution in [0.2, 0.25) is 0 Å². The smallest absolute Gasteiger partial charge is 0.352 e. The molecule has 8 heteroatoms. The van der Waals surface area contributed by atoms with E-state index in [4.69, 9.17) is 13.5 Å². The maximum Gasteiger partial charge on any atom is 0.352 e. The van der Waals surface area contributed by atoms with Crippen LogP contribution in [0.15, 0.2) is 64.0 Å². The Hall–Kier alpha value is -2.31. The van der Waals surface area contributed by atoms with Crippen molar-refractivity contribution in [3.05, 3.63) is 82.0 Å². The molecule has 2 aromatic carbocycles. The maximum atomic E-state index is 13.5. The molecule has 0 radical (unpaired) electrons. The summed E-state index contributed by atoms with van der Waals surface area (Å²) >= 11 is 0. The van der Waals surface area contributed by atoms with Gasteiger partial charge in [0, 0.05) is 6.54 Å². The molecule has 0 saturated heterocycles. The second-order valence-corrected chi connectivity index (χ2v) is 8.41. The molecule has 1 unspecified atom stereocenters. The van der Waals surface area contributed by atoms with Crippen LogP contribution in [0.25, 0.3) is 11.0 Å². The van der Waals surface area contributed by atoms with E-state index < -0.39 is 13.4 Å². The molecule has 1 aromatic heterocycles. The summed E-state index contributed by atoms with van der Waals surface area (Å²) in [6.45, 7) is 3.91. The second-order valence-electron chi connectivity index (χ2n) is 6.30. The van der Waals surface area contributed by atoms with Crippen LogP contribution in [-0.4, -0.2) is 13.2 Å². The highest BCUT2D eigenvalue weighted by atomic mass is 31.2. The first-order valence-electron chi connectivity index (χ1n) is 9.35. The van der Waals surface area contributed by atoms with Crippen LogP contribution in [0.3, 0.4) is 0 Å². The predicted octanol–water partition coefficient (Wildman–Crippen LogP) is 4.99. The molecule has 154 valence electrons. The number of para-hydroxylation sites is 1. The lowest BCUT2D eigenvalue weighted by Gasteiger charge is -2.27. The molecular weight excluding hydrogens is 396 g/mol. The lowest BCUT2D eigenvalue weighted by atomic mass is 10.1. The van der Waals surface area contributed by atoms with E-state index in [2.05, 4.69) is 5.32 Å². The predicted molar refractivity (Wildman–Crippen MR) is 109 cm³/mol. The lowest BCUT2D eigenvalue weighted by molar-refractivity contribution is 0.207. The Kier molecular flexibility index (Phi) is 6.98. The van der Waals surface area contributed by atoms with E-state index in [1.54, 1.807) is 50.2 Å². The molecule has 29 heavy (non-hydrogen) atoms. The van der Waals surface area contributed by atoms with Crippen LogP contribution in [0.1, 0.15) is 30.8 Å². The fraction of sp³-hybridized carbons (Fsp3) is 0.286. The minimum Gasteiger partial charge on any atom is -0.464 e. The van der Waals surface area contributed by atoms with Gasteiger partial charge in [0.2, 0.25) is 0 Å². The van der Waals surface area contributed by atoms with Crippen molar-refractivity contribution in [2.75, 3.05) is 13.2 Å². The fourth-order valence-electron chi connectivity index (χ4n) is 3.04. The molecule has 0 bridgehead atoms. The molecule has 1 heterocycles. The normalized spacial score (nSPS) is 12.9. The topological polar surface area (TPSA) is 77.8 Å². The first kappa shape index (κ1) is 21.4. The number of benzene rings is 2. The van der Waals surface area contributed by atoms with E-state index in [9.17, 15) is 13.8 Å². The third-order valence-electron chi connectivity index (χ3n) is 4.35. The van der Waals surface area contributed by atoms with Crippen molar-refractivity contribution in [3.63, 3.8) is 0 Å². The fourth-order valence-corrected chi connectivity index (χ4v) is 4.96. The van der Waals surface area contributed by atoms with Crippen molar-refractivity contribution in [2.45, 2.75) is 26.2 Å². The van der Waals surface area contributed by atoms with Gasteiger partial charge in [-0.05, 0) is 43.7 Å². The summed E-state index contributed by atoms with van der Waals surface area (Å²) in [7, 11) is -3.75. The van der Waals surface area contributed by atoms with Crippen LogP contribution < -0.4 is 10.7 Å². The van der Waals surface area contributed by atoms with E-state index >= 15 is 0 Å². The zero-order valence-electron chi connectivity index (χ0n) is 16.3. The third kappa shape index (κ3) is 4.82. The first-order chi connectivity index (χ1) is 14.0.